The maximum atomic E-state index is 14.2. The van der Waals surface area contributed by atoms with Crippen LogP contribution in [0.15, 0.2) is 84.9 Å². The van der Waals surface area contributed by atoms with E-state index in [1.807, 2.05) is 5.32 Å². The summed E-state index contributed by atoms with van der Waals surface area (Å²) < 4.78 is 130. The Kier molecular flexibility index (Phi) is 15.0. The summed E-state index contributed by atoms with van der Waals surface area (Å²) >= 11 is 22.5. The van der Waals surface area contributed by atoms with Gasteiger partial charge in [0.05, 0.1) is 45.4 Å². The van der Waals surface area contributed by atoms with Gasteiger partial charge in [-0.2, -0.15) is 43.9 Å². The smallest absolute Gasteiger partial charge is 0.417 e. The average Bonchev–Trinajstić information content (AvgIpc) is 3.03. The fraction of sp³-hybridized carbons (Fsp3) is 0.188. The van der Waals surface area contributed by atoms with Crippen LogP contribution in [0.3, 0.4) is 0 Å². The third kappa shape index (κ3) is 12.5. The van der Waals surface area contributed by atoms with Gasteiger partial charge < -0.3 is 16.2 Å². The average molecular weight is 814 g/mol. The van der Waals surface area contributed by atoms with Crippen LogP contribution in [0.2, 0.25) is 20.1 Å². The van der Waals surface area contributed by atoms with E-state index in [2.05, 4.69) is 0 Å². The highest BCUT2D eigenvalue weighted by Crippen LogP contribution is 2.36. The molecule has 276 valence electrons. The van der Waals surface area contributed by atoms with Gasteiger partial charge in [0.15, 0.2) is 0 Å². The van der Waals surface area contributed by atoms with Gasteiger partial charge in [0, 0.05) is 21.2 Å². The number of carboxylic acids is 1. The zero-order valence-electron chi connectivity index (χ0n) is 25.1. The number of benzene rings is 4. The van der Waals surface area contributed by atoms with Crippen molar-refractivity contribution >= 4 is 58.3 Å². The van der Waals surface area contributed by atoms with E-state index in [0.29, 0.717) is 11.1 Å². The Morgan fingerprint density at radius 3 is 1.35 bits per heavy atom. The van der Waals surface area contributed by atoms with Gasteiger partial charge in [-0.1, -0.05) is 76.7 Å². The van der Waals surface area contributed by atoms with Crippen LogP contribution in [0.5, 0.6) is 0 Å². The van der Waals surface area contributed by atoms with Crippen molar-refractivity contribution in [3.63, 3.8) is 0 Å². The number of rotatable bonds is 7. The van der Waals surface area contributed by atoms with Gasteiger partial charge in [0.25, 0.3) is 17.8 Å². The van der Waals surface area contributed by atoms with E-state index in [1.54, 1.807) is 0 Å². The second kappa shape index (κ2) is 17.6. The second-order valence-corrected chi connectivity index (χ2v) is 11.6. The van der Waals surface area contributed by atoms with E-state index in [0.717, 1.165) is 42.5 Å². The van der Waals surface area contributed by atoms with Gasteiger partial charge in [-0.05, 0) is 54.6 Å². The van der Waals surface area contributed by atoms with E-state index >= 15 is 0 Å². The zero-order valence-corrected chi connectivity index (χ0v) is 28.2. The van der Waals surface area contributed by atoms with Crippen molar-refractivity contribution in [1.29, 1.82) is 0 Å². The van der Waals surface area contributed by atoms with Crippen LogP contribution in [-0.4, -0.2) is 30.1 Å². The van der Waals surface area contributed by atoms with Crippen LogP contribution < -0.4 is 11.1 Å². The van der Waals surface area contributed by atoms with Crippen molar-refractivity contribution in [3.8, 4) is 0 Å². The fourth-order valence-electron chi connectivity index (χ4n) is 3.91. The minimum atomic E-state index is -4.78. The predicted octanol–water partition coefficient (Wildman–Crippen LogP) is 11.0. The molecule has 0 bridgehead atoms. The summed E-state index contributed by atoms with van der Waals surface area (Å²) in [4.78, 5) is 22.3. The summed E-state index contributed by atoms with van der Waals surface area (Å²) in [5, 5.41) is 10.3. The lowest BCUT2D eigenvalue weighted by Gasteiger charge is -2.19. The molecule has 0 atom stereocenters. The molecule has 4 rings (SSSR count). The number of carbonyl (C=O) groups excluding carboxylic acids is 1. The van der Waals surface area contributed by atoms with Gasteiger partial charge in [0.2, 0.25) is 0 Å². The van der Waals surface area contributed by atoms with Crippen molar-refractivity contribution in [2.75, 3.05) is 13.1 Å². The largest absolute Gasteiger partial charge is 0.478 e. The van der Waals surface area contributed by atoms with Crippen LogP contribution in [0.1, 0.15) is 43.0 Å². The summed E-state index contributed by atoms with van der Waals surface area (Å²) in [5.74, 6) is -9.53. The maximum absolute atomic E-state index is 14.2. The molecule has 5 nitrogen and oxygen atoms in total. The summed E-state index contributed by atoms with van der Waals surface area (Å²) in [6.07, 6.45) is -9.40. The van der Waals surface area contributed by atoms with Crippen LogP contribution in [0.4, 0.5) is 43.9 Å². The molecule has 0 spiro atoms. The molecule has 0 aromatic heterocycles. The van der Waals surface area contributed by atoms with Crippen molar-refractivity contribution in [3.05, 3.63) is 138 Å². The highest BCUT2D eigenvalue weighted by Gasteiger charge is 2.38. The first-order valence-electron chi connectivity index (χ1n) is 13.6. The minimum absolute atomic E-state index is 0.0667. The monoisotopic (exact) mass is 812 g/mol. The highest BCUT2D eigenvalue weighted by atomic mass is 35.5. The van der Waals surface area contributed by atoms with E-state index in [-0.39, 0.29) is 20.6 Å². The first-order valence-corrected chi connectivity index (χ1v) is 15.1. The van der Waals surface area contributed by atoms with Gasteiger partial charge in [0.1, 0.15) is 0 Å². The predicted molar refractivity (Wildman–Crippen MR) is 172 cm³/mol. The number of carboxylic acid groups (broad SMARTS) is 1. The Balaban J connectivity index is 0.000000292. The Morgan fingerprint density at radius 1 is 0.588 bits per heavy atom. The summed E-state index contributed by atoms with van der Waals surface area (Å²) in [5.41, 5.74) is 0.218. The molecule has 0 unspecified atom stereocenters. The van der Waals surface area contributed by atoms with Gasteiger partial charge in [-0.25, -0.2) is 4.79 Å². The summed E-state index contributed by atoms with van der Waals surface area (Å²) in [7, 11) is 0. The molecule has 0 saturated heterocycles. The van der Waals surface area contributed by atoms with Gasteiger partial charge in [-0.15, -0.1) is 0 Å². The van der Waals surface area contributed by atoms with Crippen molar-refractivity contribution in [2.24, 2.45) is 5.73 Å². The third-order valence-electron chi connectivity index (χ3n) is 6.32. The maximum Gasteiger partial charge on any atom is 0.417 e. The highest BCUT2D eigenvalue weighted by molar-refractivity contribution is 6.35. The molecule has 51 heavy (non-hydrogen) atoms. The molecule has 0 fully saturated rings. The lowest BCUT2D eigenvalue weighted by Crippen LogP contribution is -2.36. The van der Waals surface area contributed by atoms with Crippen molar-refractivity contribution in [2.45, 2.75) is 24.2 Å². The van der Waals surface area contributed by atoms with Crippen LogP contribution in [0.25, 0.3) is 0 Å². The quantitative estimate of drug-likeness (QED) is 0.162. The molecule has 0 aliphatic heterocycles. The molecule has 0 aliphatic rings. The summed E-state index contributed by atoms with van der Waals surface area (Å²) in [6.45, 7) is -1.99. The van der Waals surface area contributed by atoms with Crippen molar-refractivity contribution < 1.29 is 58.6 Å². The van der Waals surface area contributed by atoms with E-state index in [9.17, 15) is 53.5 Å². The Labute approximate surface area is 302 Å². The lowest BCUT2D eigenvalue weighted by atomic mass is 10.1. The number of nitrogens with one attached hydrogen (secondary N) is 1. The molecule has 0 radical (unpaired) electrons. The van der Waals surface area contributed by atoms with Crippen molar-refractivity contribution in [1.82, 2.24) is 5.32 Å². The first kappa shape index (κ1) is 43.4. The SMILES string of the molecule is NCC(F)(F)c1ccc(Cl)cc1Cl.O=C(NCC(F)(F)c1ccc(Cl)cc1Cl)c1ccccc1C(F)(F)F.O=C(O)c1ccccc1C(F)(F)F. The number of alkyl halides is 10. The number of hydrogen-bond acceptors (Lipinski definition) is 3. The number of nitrogens with two attached hydrogens (primary N) is 1. The van der Waals surface area contributed by atoms with Crippen LogP contribution in [0, 0.1) is 0 Å². The molecular formula is C32H22Cl4F10N2O3. The third-order valence-corrected chi connectivity index (χ3v) is 7.41. The topological polar surface area (TPSA) is 92.4 Å². The molecule has 4 aromatic rings. The number of halogens is 14. The Hall–Kier alpha value is -3.76. The molecule has 4 N–H and O–H groups in total. The first-order chi connectivity index (χ1) is 23.4. The number of amides is 1. The molecule has 19 heteroatoms. The molecule has 1 amide bonds. The van der Waals surface area contributed by atoms with E-state index in [1.165, 1.54) is 36.4 Å². The lowest BCUT2D eigenvalue weighted by molar-refractivity contribution is -0.138. The standard InChI is InChI=1S/C16H10Cl2F5NO.C8H7Cl2F2N.C8H5F3O2/c17-9-5-6-12(13(18)7-9)15(19,20)8-24-14(25)10-3-1-2-4-11(10)16(21,22)23;9-5-1-2-6(7(10)3-5)8(11,12)4-13;9-8(10,11)6-4-2-1-3-5(6)7(12)13/h1-7H,8H2,(H,24,25);1-3H,4,13H2;1-4H,(H,12,13). The van der Waals surface area contributed by atoms with Crippen LogP contribution >= 0.6 is 46.4 Å². The number of carbonyl (C=O) groups is 2. The van der Waals surface area contributed by atoms with Gasteiger partial charge in [-0.3, -0.25) is 4.79 Å². The Bertz CT molecular complexity index is 1840. The second-order valence-electron chi connectivity index (χ2n) is 9.94. The minimum Gasteiger partial charge on any atom is -0.478 e. The fourth-order valence-corrected chi connectivity index (χ4v) is 5.00. The summed E-state index contributed by atoms with van der Waals surface area (Å²) in [6, 6.07) is 15.0. The molecule has 0 saturated carbocycles. The molecular weight excluding hydrogens is 792 g/mol. The van der Waals surface area contributed by atoms with E-state index < -0.39 is 77.0 Å². The zero-order chi connectivity index (χ0) is 38.9. The number of aromatic carboxylic acids is 1. The van der Waals surface area contributed by atoms with Crippen LogP contribution in [-0.2, 0) is 24.2 Å². The molecule has 4 aromatic carbocycles. The molecule has 0 aliphatic carbocycles. The van der Waals surface area contributed by atoms with Gasteiger partial charge >= 0.3 is 18.3 Å². The number of hydrogen-bond donors (Lipinski definition) is 3. The Morgan fingerprint density at radius 2 is 0.980 bits per heavy atom. The normalized spacial score (nSPS) is 11.8. The van der Waals surface area contributed by atoms with E-state index in [4.69, 9.17) is 57.2 Å². The molecule has 0 heterocycles.